The number of hydrogen-bond donors (Lipinski definition) is 4. The highest BCUT2D eigenvalue weighted by molar-refractivity contribution is 6.35. The molecule has 40 heavy (non-hydrogen) atoms. The zero-order valence-electron chi connectivity index (χ0n) is 21.5. The normalized spacial score (nSPS) is 16.5. The van der Waals surface area contributed by atoms with Gasteiger partial charge in [-0.05, 0) is 36.5 Å². The molecule has 0 saturated carbocycles. The SMILES string of the molecule is CC(C)(C)[C@H](NC(=O)c1cc(Cl)cc(Cl)c1)C(=O)N1CCC[C@H]1C(=O)N[C@H](C#N)CC(=O)O.O=C(O)C(F)(F)F. The molecule has 4 N–H and O–H groups in total. The van der Waals surface area contributed by atoms with Gasteiger partial charge in [-0.25, -0.2) is 4.79 Å². The lowest BCUT2D eigenvalue weighted by molar-refractivity contribution is -0.192. The Morgan fingerprint density at radius 1 is 1.07 bits per heavy atom. The number of likely N-dealkylation sites (tertiary alicyclic amines) is 1. The Morgan fingerprint density at radius 2 is 1.60 bits per heavy atom. The van der Waals surface area contributed by atoms with Crippen LogP contribution in [-0.4, -0.2) is 75.6 Å². The predicted octanol–water partition coefficient (Wildman–Crippen LogP) is 3.25. The lowest BCUT2D eigenvalue weighted by atomic mass is 9.85. The minimum Gasteiger partial charge on any atom is -0.481 e. The second kappa shape index (κ2) is 14.2. The molecule has 3 atom stereocenters. The fourth-order valence-corrected chi connectivity index (χ4v) is 4.11. The Morgan fingerprint density at radius 3 is 2.02 bits per heavy atom. The average molecular weight is 611 g/mol. The van der Waals surface area contributed by atoms with Gasteiger partial charge in [0.05, 0.1) is 12.5 Å². The van der Waals surface area contributed by atoms with Crippen molar-refractivity contribution < 1.29 is 47.4 Å². The third kappa shape index (κ3) is 10.5. The topological polar surface area (TPSA) is 177 Å². The third-order valence-corrected chi connectivity index (χ3v) is 5.88. The molecule has 2 rings (SSSR count). The van der Waals surface area contributed by atoms with Gasteiger partial charge in [-0.1, -0.05) is 44.0 Å². The summed E-state index contributed by atoms with van der Waals surface area (Å²) in [7, 11) is 0. The highest BCUT2D eigenvalue weighted by atomic mass is 35.5. The number of nitrogens with zero attached hydrogens (tertiary/aromatic N) is 2. The molecule has 1 aliphatic rings. The third-order valence-electron chi connectivity index (χ3n) is 5.45. The van der Waals surface area contributed by atoms with Crippen LogP contribution >= 0.6 is 23.2 Å². The molecule has 0 radical (unpaired) electrons. The zero-order chi connectivity index (χ0) is 31.0. The van der Waals surface area contributed by atoms with Crippen LogP contribution in [0, 0.1) is 16.7 Å². The molecule has 0 aliphatic carbocycles. The molecule has 3 amide bonds. The number of alkyl halides is 3. The highest BCUT2D eigenvalue weighted by Crippen LogP contribution is 2.27. The van der Waals surface area contributed by atoms with Gasteiger partial charge >= 0.3 is 18.1 Å². The van der Waals surface area contributed by atoms with Crippen molar-refractivity contribution in [1.29, 1.82) is 5.26 Å². The molecular weight excluding hydrogens is 584 g/mol. The number of aliphatic carboxylic acids is 2. The summed E-state index contributed by atoms with van der Waals surface area (Å²) >= 11 is 12.0. The maximum atomic E-state index is 13.5. The maximum absolute atomic E-state index is 13.5. The highest BCUT2D eigenvalue weighted by Gasteiger charge is 2.42. The van der Waals surface area contributed by atoms with E-state index >= 15 is 0 Å². The standard InChI is InChI=1S/C22H26Cl2N4O5.C2HF3O2/c1-22(2,3)18(27-19(31)12-7-13(23)9-14(24)8-12)21(33)28-6-4-5-16(28)20(32)26-15(11-25)10-17(29)30;3-2(4,5)1(6)7/h7-9,15-16,18H,4-6,10H2,1-3H3,(H,26,32)(H,27,31)(H,29,30);(H,6,7)/t15-,16-,18+;/m0./s1. The van der Waals surface area contributed by atoms with E-state index in [1.54, 1.807) is 26.8 Å². The van der Waals surface area contributed by atoms with Gasteiger partial charge < -0.3 is 25.7 Å². The van der Waals surface area contributed by atoms with E-state index in [0.29, 0.717) is 19.4 Å². The van der Waals surface area contributed by atoms with Crippen LogP contribution in [0.5, 0.6) is 0 Å². The minimum atomic E-state index is -5.08. The number of halogens is 5. The summed E-state index contributed by atoms with van der Waals surface area (Å²) in [5.41, 5.74) is -0.507. The van der Waals surface area contributed by atoms with E-state index in [1.807, 2.05) is 0 Å². The van der Waals surface area contributed by atoms with Gasteiger partial charge in [-0.2, -0.15) is 18.4 Å². The van der Waals surface area contributed by atoms with Gasteiger partial charge in [-0.3, -0.25) is 19.2 Å². The molecule has 1 aromatic carbocycles. The van der Waals surface area contributed by atoms with Gasteiger partial charge in [0, 0.05) is 22.2 Å². The summed E-state index contributed by atoms with van der Waals surface area (Å²) in [4.78, 5) is 60.2. The lowest BCUT2D eigenvalue weighted by Gasteiger charge is -2.35. The number of carbonyl (C=O) groups excluding carboxylic acids is 3. The Labute approximate surface area is 237 Å². The fraction of sp³-hybridized carbons (Fsp3) is 0.500. The molecule has 11 nitrogen and oxygen atoms in total. The van der Waals surface area contributed by atoms with Gasteiger partial charge in [-0.15, -0.1) is 0 Å². The molecule has 0 aromatic heterocycles. The van der Waals surface area contributed by atoms with E-state index in [9.17, 15) is 32.3 Å². The van der Waals surface area contributed by atoms with Crippen molar-refractivity contribution in [1.82, 2.24) is 15.5 Å². The second-order valence-electron chi connectivity index (χ2n) is 9.71. The molecule has 0 spiro atoms. The number of nitrogens with one attached hydrogen (secondary N) is 2. The lowest BCUT2D eigenvalue weighted by Crippen LogP contribution is -2.58. The van der Waals surface area contributed by atoms with E-state index in [1.165, 1.54) is 23.1 Å². The summed E-state index contributed by atoms with van der Waals surface area (Å²) in [5.74, 6) is -5.58. The van der Waals surface area contributed by atoms with Crippen LogP contribution in [0.15, 0.2) is 18.2 Å². The predicted molar refractivity (Wildman–Crippen MR) is 135 cm³/mol. The fourth-order valence-electron chi connectivity index (χ4n) is 3.59. The number of carboxylic acid groups (broad SMARTS) is 2. The van der Waals surface area contributed by atoms with E-state index in [0.717, 1.165) is 0 Å². The van der Waals surface area contributed by atoms with Crippen LogP contribution in [0.2, 0.25) is 10.0 Å². The number of carbonyl (C=O) groups is 5. The Bertz CT molecular complexity index is 1160. The quantitative estimate of drug-likeness (QED) is 0.363. The van der Waals surface area contributed by atoms with Crippen molar-refractivity contribution >= 4 is 52.9 Å². The number of rotatable bonds is 7. The van der Waals surface area contributed by atoms with Crippen molar-refractivity contribution in [2.75, 3.05) is 6.54 Å². The minimum absolute atomic E-state index is 0.191. The summed E-state index contributed by atoms with van der Waals surface area (Å²) in [6.45, 7) is 5.64. The van der Waals surface area contributed by atoms with Gasteiger partial charge in [0.2, 0.25) is 11.8 Å². The molecule has 16 heteroatoms. The van der Waals surface area contributed by atoms with Crippen molar-refractivity contribution in [2.45, 2.75) is 64.3 Å². The van der Waals surface area contributed by atoms with Gasteiger partial charge in [0.1, 0.15) is 18.1 Å². The van der Waals surface area contributed by atoms with Crippen molar-refractivity contribution in [3.05, 3.63) is 33.8 Å². The second-order valence-corrected chi connectivity index (χ2v) is 10.6. The number of benzene rings is 1. The van der Waals surface area contributed by atoms with E-state index in [2.05, 4.69) is 10.6 Å². The first-order valence-electron chi connectivity index (χ1n) is 11.6. The monoisotopic (exact) mass is 610 g/mol. The largest absolute Gasteiger partial charge is 0.490 e. The van der Waals surface area contributed by atoms with Crippen LogP contribution in [-0.2, 0) is 19.2 Å². The van der Waals surface area contributed by atoms with Gasteiger partial charge in [0.25, 0.3) is 5.91 Å². The zero-order valence-corrected chi connectivity index (χ0v) is 23.0. The van der Waals surface area contributed by atoms with Crippen LogP contribution in [0.25, 0.3) is 0 Å². The molecule has 0 bridgehead atoms. The first-order valence-corrected chi connectivity index (χ1v) is 12.3. The van der Waals surface area contributed by atoms with Crippen LogP contribution in [0.1, 0.15) is 50.4 Å². The number of nitriles is 1. The van der Waals surface area contributed by atoms with E-state index < -0.39 is 65.8 Å². The molecule has 220 valence electrons. The van der Waals surface area contributed by atoms with Crippen LogP contribution in [0.4, 0.5) is 13.2 Å². The van der Waals surface area contributed by atoms with E-state index in [-0.39, 0.29) is 15.6 Å². The number of amides is 3. The average Bonchev–Trinajstić information content (AvgIpc) is 3.29. The molecular formula is C24H27Cl2F3N4O7. The number of carboxylic acids is 2. The summed E-state index contributed by atoms with van der Waals surface area (Å²) in [6.07, 6.45) is -4.72. The molecule has 1 saturated heterocycles. The molecule has 1 aliphatic heterocycles. The Balaban J connectivity index is 0.00000101. The Hall–Kier alpha value is -3.57. The van der Waals surface area contributed by atoms with Crippen molar-refractivity contribution in [2.24, 2.45) is 5.41 Å². The molecule has 1 aromatic rings. The van der Waals surface area contributed by atoms with E-state index in [4.69, 9.17) is 43.5 Å². The first kappa shape index (κ1) is 34.5. The smallest absolute Gasteiger partial charge is 0.481 e. The van der Waals surface area contributed by atoms with Gasteiger partial charge in [0.15, 0.2) is 0 Å². The Kier molecular flexibility index (Phi) is 12.2. The summed E-state index contributed by atoms with van der Waals surface area (Å²) < 4.78 is 31.7. The molecule has 0 unspecified atom stereocenters. The summed E-state index contributed by atoms with van der Waals surface area (Å²) in [6, 6.07) is 3.04. The molecule has 1 fully saturated rings. The molecule has 1 heterocycles. The van der Waals surface area contributed by atoms with Crippen LogP contribution < -0.4 is 10.6 Å². The summed E-state index contributed by atoms with van der Waals surface area (Å²) in [5, 5.41) is 30.8. The number of hydrogen-bond acceptors (Lipinski definition) is 6. The van der Waals surface area contributed by atoms with Crippen LogP contribution in [0.3, 0.4) is 0 Å². The van der Waals surface area contributed by atoms with Crippen molar-refractivity contribution in [3.8, 4) is 6.07 Å². The maximum Gasteiger partial charge on any atom is 0.490 e. The van der Waals surface area contributed by atoms with Crippen molar-refractivity contribution in [3.63, 3.8) is 0 Å². The first-order chi connectivity index (χ1) is 18.3.